The third-order valence-electron chi connectivity index (χ3n) is 6.20. The van der Waals surface area contributed by atoms with Gasteiger partial charge in [-0.3, -0.25) is 14.7 Å². The number of nitrogens with zero attached hydrogens (tertiary/aromatic N) is 2. The fraction of sp³-hybridized carbons (Fsp3) is 0.241. The summed E-state index contributed by atoms with van der Waals surface area (Å²) >= 11 is 2.36. The van der Waals surface area contributed by atoms with E-state index in [0.717, 1.165) is 51.7 Å². The van der Waals surface area contributed by atoms with Crippen LogP contribution in [0.4, 0.5) is 5.69 Å². The van der Waals surface area contributed by atoms with Crippen LogP contribution in [0.1, 0.15) is 35.3 Å². The van der Waals surface area contributed by atoms with Gasteiger partial charge in [0.05, 0.1) is 18.3 Å². The third-order valence-corrected chi connectivity index (χ3v) is 7.08. The molecule has 0 saturated carbocycles. The van der Waals surface area contributed by atoms with Crippen LogP contribution in [0.25, 0.3) is 22.0 Å². The monoisotopic (exact) mass is 579 g/mol. The number of pyridine rings is 1. The molecule has 1 heterocycles. The lowest BCUT2D eigenvalue weighted by Crippen LogP contribution is -2.22. The van der Waals surface area contributed by atoms with Crippen LogP contribution in [0.5, 0.6) is 5.75 Å². The van der Waals surface area contributed by atoms with Gasteiger partial charge in [0.2, 0.25) is 0 Å². The van der Waals surface area contributed by atoms with Crippen molar-refractivity contribution in [1.29, 1.82) is 0 Å². The minimum absolute atomic E-state index is 0.187. The van der Waals surface area contributed by atoms with E-state index in [9.17, 15) is 4.79 Å². The fourth-order valence-electron chi connectivity index (χ4n) is 4.05. The highest BCUT2D eigenvalue weighted by Crippen LogP contribution is 2.31. The first kappa shape index (κ1) is 25.1. The number of benzene rings is 3. The molecule has 0 aliphatic rings. The van der Waals surface area contributed by atoms with Crippen LogP contribution in [0, 0.1) is 0 Å². The Balaban J connectivity index is 1.53. The molecule has 0 aliphatic carbocycles. The standard InChI is InChI=1S/C29H30IN3O2/c1-4-33(5-2)19-21-14-25-15-28(35-3)27(16-26(25)31-18-21)32-29(34)24-12-10-23(11-13-24)22-8-6-20(17-30)7-9-22/h6-16,18H,4-5,17,19H2,1-3H3,(H,32,34). The molecule has 35 heavy (non-hydrogen) atoms. The first-order chi connectivity index (χ1) is 17.0. The quantitative estimate of drug-likeness (QED) is 0.173. The van der Waals surface area contributed by atoms with Crippen LogP contribution in [0.3, 0.4) is 0 Å². The molecule has 1 amide bonds. The number of aromatic nitrogens is 1. The van der Waals surface area contributed by atoms with Crippen LogP contribution in [0.2, 0.25) is 0 Å². The first-order valence-electron chi connectivity index (χ1n) is 11.8. The topological polar surface area (TPSA) is 54.5 Å². The number of nitrogens with one attached hydrogen (secondary N) is 1. The lowest BCUT2D eigenvalue weighted by Gasteiger charge is -2.18. The molecule has 5 nitrogen and oxygen atoms in total. The zero-order valence-corrected chi connectivity index (χ0v) is 22.5. The molecule has 1 aromatic heterocycles. The number of hydrogen-bond donors (Lipinski definition) is 1. The summed E-state index contributed by atoms with van der Waals surface area (Å²) in [7, 11) is 1.61. The summed E-state index contributed by atoms with van der Waals surface area (Å²) in [6.45, 7) is 7.16. The van der Waals surface area contributed by atoms with Crippen molar-refractivity contribution in [2.24, 2.45) is 0 Å². The van der Waals surface area contributed by atoms with Crippen molar-refractivity contribution in [2.45, 2.75) is 24.8 Å². The number of carbonyl (C=O) groups is 1. The van der Waals surface area contributed by atoms with E-state index in [4.69, 9.17) is 4.74 Å². The Morgan fingerprint density at radius 3 is 2.20 bits per heavy atom. The highest BCUT2D eigenvalue weighted by Gasteiger charge is 2.13. The zero-order valence-electron chi connectivity index (χ0n) is 20.3. The van der Waals surface area contributed by atoms with Crippen molar-refractivity contribution < 1.29 is 9.53 Å². The van der Waals surface area contributed by atoms with Gasteiger partial charge in [-0.2, -0.15) is 0 Å². The number of carbonyl (C=O) groups excluding carboxylic acids is 1. The van der Waals surface area contributed by atoms with E-state index in [1.165, 1.54) is 5.56 Å². The summed E-state index contributed by atoms with van der Waals surface area (Å²) in [4.78, 5) is 20.0. The Labute approximate surface area is 220 Å². The van der Waals surface area contributed by atoms with Gasteiger partial charge in [0.15, 0.2) is 0 Å². The van der Waals surface area contributed by atoms with Crippen molar-refractivity contribution in [3.05, 3.63) is 89.6 Å². The van der Waals surface area contributed by atoms with Gasteiger partial charge in [-0.1, -0.05) is 72.8 Å². The van der Waals surface area contributed by atoms with Crippen molar-refractivity contribution in [3.8, 4) is 16.9 Å². The summed E-state index contributed by atoms with van der Waals surface area (Å²) < 4.78 is 6.58. The number of rotatable bonds is 9. The van der Waals surface area contributed by atoms with Gasteiger partial charge in [0, 0.05) is 28.1 Å². The van der Waals surface area contributed by atoms with Crippen LogP contribution in [-0.4, -0.2) is 36.0 Å². The van der Waals surface area contributed by atoms with Crippen LogP contribution in [0.15, 0.2) is 72.9 Å². The summed E-state index contributed by atoms with van der Waals surface area (Å²) in [6.07, 6.45) is 1.91. The lowest BCUT2D eigenvalue weighted by molar-refractivity contribution is 0.102. The highest BCUT2D eigenvalue weighted by atomic mass is 127. The van der Waals surface area contributed by atoms with Gasteiger partial charge in [-0.05, 0) is 65.7 Å². The summed E-state index contributed by atoms with van der Waals surface area (Å²) in [5.74, 6) is 0.423. The maximum absolute atomic E-state index is 13.0. The van der Waals surface area contributed by atoms with Crippen LogP contribution >= 0.6 is 22.6 Å². The number of alkyl halides is 1. The number of hydrogen-bond acceptors (Lipinski definition) is 4. The van der Waals surface area contributed by atoms with Gasteiger partial charge < -0.3 is 10.1 Å². The predicted octanol–water partition coefficient (Wildman–Crippen LogP) is 6.94. The average molecular weight is 579 g/mol. The molecule has 0 fully saturated rings. The Bertz CT molecular complexity index is 1300. The molecule has 4 rings (SSSR count). The van der Waals surface area contributed by atoms with Crippen molar-refractivity contribution >= 4 is 45.1 Å². The molecular formula is C29H30IN3O2. The van der Waals surface area contributed by atoms with E-state index in [1.54, 1.807) is 7.11 Å². The van der Waals surface area contributed by atoms with Gasteiger partial charge >= 0.3 is 0 Å². The smallest absolute Gasteiger partial charge is 0.255 e. The van der Waals surface area contributed by atoms with E-state index >= 15 is 0 Å². The summed E-state index contributed by atoms with van der Waals surface area (Å²) in [5, 5.41) is 3.98. The number of anilines is 1. The second-order valence-electron chi connectivity index (χ2n) is 8.41. The number of fused-ring (bicyclic) bond motifs is 1. The van der Waals surface area contributed by atoms with Gasteiger partial charge in [0.25, 0.3) is 5.91 Å². The lowest BCUT2D eigenvalue weighted by atomic mass is 10.0. The number of halogens is 1. The largest absolute Gasteiger partial charge is 0.495 e. The molecule has 0 atom stereocenters. The average Bonchev–Trinajstić information content (AvgIpc) is 2.91. The normalized spacial score (nSPS) is 11.1. The SMILES string of the molecule is CCN(CC)Cc1cnc2cc(NC(=O)c3ccc(-c4ccc(CI)cc4)cc3)c(OC)cc2c1. The van der Waals surface area contributed by atoms with Gasteiger partial charge in [-0.25, -0.2) is 0 Å². The van der Waals surface area contributed by atoms with Gasteiger partial charge in [-0.15, -0.1) is 0 Å². The van der Waals surface area contributed by atoms with E-state index in [1.807, 2.05) is 42.6 Å². The fourth-order valence-corrected chi connectivity index (χ4v) is 4.56. The van der Waals surface area contributed by atoms with Crippen molar-refractivity contribution in [3.63, 3.8) is 0 Å². The Hall–Kier alpha value is -2.97. The molecule has 0 saturated heterocycles. The molecule has 0 unspecified atom stereocenters. The van der Waals surface area contributed by atoms with Crippen LogP contribution < -0.4 is 10.1 Å². The summed E-state index contributed by atoms with van der Waals surface area (Å²) in [5.41, 5.74) is 6.67. The highest BCUT2D eigenvalue weighted by molar-refractivity contribution is 14.1. The molecular weight excluding hydrogens is 549 g/mol. The third kappa shape index (κ3) is 6.00. The predicted molar refractivity (Wildman–Crippen MR) is 152 cm³/mol. The molecule has 3 aromatic carbocycles. The molecule has 6 heteroatoms. The molecule has 4 aromatic rings. The molecule has 1 N–H and O–H groups in total. The first-order valence-corrected chi connectivity index (χ1v) is 13.3. The Morgan fingerprint density at radius 1 is 0.943 bits per heavy atom. The minimum atomic E-state index is -0.187. The molecule has 0 bridgehead atoms. The van der Waals surface area contributed by atoms with Crippen LogP contribution in [-0.2, 0) is 11.0 Å². The van der Waals surface area contributed by atoms with Gasteiger partial charge in [0.1, 0.15) is 5.75 Å². The Kier molecular flexibility index (Phi) is 8.36. The maximum Gasteiger partial charge on any atom is 0.255 e. The summed E-state index contributed by atoms with van der Waals surface area (Å²) in [6, 6.07) is 22.1. The Morgan fingerprint density at radius 2 is 1.60 bits per heavy atom. The minimum Gasteiger partial charge on any atom is -0.495 e. The molecule has 0 radical (unpaired) electrons. The van der Waals surface area contributed by atoms with E-state index in [0.29, 0.717) is 17.0 Å². The number of amides is 1. The maximum atomic E-state index is 13.0. The number of methoxy groups -OCH3 is 1. The number of ether oxygens (including phenoxy) is 1. The van der Waals surface area contributed by atoms with E-state index < -0.39 is 0 Å². The molecule has 0 spiro atoms. The van der Waals surface area contributed by atoms with Crippen molar-refractivity contribution in [1.82, 2.24) is 9.88 Å². The zero-order chi connectivity index (χ0) is 24.8. The molecule has 0 aliphatic heterocycles. The van der Waals surface area contributed by atoms with E-state index in [2.05, 4.69) is 82.0 Å². The van der Waals surface area contributed by atoms with E-state index in [-0.39, 0.29) is 5.91 Å². The second kappa shape index (κ2) is 11.6. The molecule has 180 valence electrons. The second-order valence-corrected chi connectivity index (χ2v) is 9.17. The van der Waals surface area contributed by atoms with Crippen molar-refractivity contribution in [2.75, 3.05) is 25.5 Å².